The van der Waals surface area contributed by atoms with Crippen LogP contribution in [0.15, 0.2) is 50.5 Å². The van der Waals surface area contributed by atoms with E-state index in [4.69, 9.17) is 0 Å². The van der Waals surface area contributed by atoms with E-state index in [1.54, 1.807) is 24.3 Å². The minimum absolute atomic E-state index is 0.347. The summed E-state index contributed by atoms with van der Waals surface area (Å²) in [6, 6.07) is 12.5. The second-order valence-corrected chi connectivity index (χ2v) is 8.12. The summed E-state index contributed by atoms with van der Waals surface area (Å²) in [7, 11) is -3.46. The largest absolute Gasteiger partial charge is 0.273 e. The Morgan fingerprint density at radius 3 is 2.33 bits per heavy atom. The van der Waals surface area contributed by atoms with Crippen molar-refractivity contribution in [2.24, 2.45) is 0 Å². The van der Waals surface area contributed by atoms with E-state index in [-0.39, 0.29) is 0 Å². The number of sulfonamides is 1. The fourth-order valence-corrected chi connectivity index (χ4v) is 5.23. The van der Waals surface area contributed by atoms with Crippen LogP contribution in [0.5, 0.6) is 0 Å². The molecule has 0 spiro atoms. The van der Waals surface area contributed by atoms with Gasteiger partial charge in [0.2, 0.25) is 0 Å². The lowest BCUT2D eigenvalue weighted by molar-refractivity contribution is 0.594. The molecule has 96 valence electrons. The summed E-state index contributed by atoms with van der Waals surface area (Å²) in [5, 5.41) is 0. The molecule has 0 fully saturated rings. The smallest absolute Gasteiger partial charge is 0.266 e. The lowest BCUT2D eigenvalue weighted by Gasteiger charge is -2.21. The molecule has 0 N–H and O–H groups in total. The van der Waals surface area contributed by atoms with Crippen LogP contribution < -0.4 is 4.31 Å². The number of para-hydroxylation sites is 1. The van der Waals surface area contributed by atoms with Gasteiger partial charge in [-0.25, -0.2) is 8.42 Å². The Bertz CT molecular complexity index is 623. The van der Waals surface area contributed by atoms with Crippen LogP contribution in [0.4, 0.5) is 5.69 Å². The van der Waals surface area contributed by atoms with Crippen molar-refractivity contribution in [2.45, 2.75) is 11.1 Å². The van der Waals surface area contributed by atoms with Gasteiger partial charge in [0.15, 0.2) is 0 Å². The highest BCUT2D eigenvalue weighted by Gasteiger charge is 2.24. The van der Waals surface area contributed by atoms with Crippen molar-refractivity contribution in [2.75, 3.05) is 10.8 Å². The Morgan fingerprint density at radius 2 is 1.83 bits per heavy atom. The van der Waals surface area contributed by atoms with Gasteiger partial charge in [0.05, 0.1) is 9.47 Å². The molecule has 3 nitrogen and oxygen atoms in total. The van der Waals surface area contributed by atoms with Crippen molar-refractivity contribution in [3.63, 3.8) is 0 Å². The van der Waals surface area contributed by atoms with E-state index in [0.717, 1.165) is 3.79 Å². The fourth-order valence-electron chi connectivity index (χ4n) is 1.63. The highest BCUT2D eigenvalue weighted by molar-refractivity contribution is 9.11. The number of nitrogens with zero attached hydrogens (tertiary/aromatic N) is 1. The van der Waals surface area contributed by atoms with Crippen molar-refractivity contribution < 1.29 is 8.42 Å². The van der Waals surface area contributed by atoms with E-state index < -0.39 is 10.0 Å². The summed E-state index contributed by atoms with van der Waals surface area (Å²) in [4.78, 5) is 0. The number of rotatable bonds is 4. The van der Waals surface area contributed by atoms with Crippen molar-refractivity contribution in [3.8, 4) is 0 Å². The Labute approximate surface area is 119 Å². The van der Waals surface area contributed by atoms with Crippen molar-refractivity contribution >= 4 is 43.0 Å². The zero-order valence-corrected chi connectivity index (χ0v) is 12.9. The maximum absolute atomic E-state index is 12.5. The third kappa shape index (κ3) is 2.60. The van der Waals surface area contributed by atoms with Crippen molar-refractivity contribution in [1.82, 2.24) is 0 Å². The third-order valence-corrected chi connectivity index (χ3v) is 6.42. The summed E-state index contributed by atoms with van der Waals surface area (Å²) in [6.45, 7) is 2.23. The zero-order chi connectivity index (χ0) is 13.2. The Kier molecular flexibility index (Phi) is 4.09. The van der Waals surface area contributed by atoms with E-state index in [0.29, 0.717) is 16.4 Å². The predicted octanol–water partition coefficient (Wildman–Crippen LogP) is 3.73. The Hall–Kier alpha value is -0.850. The van der Waals surface area contributed by atoms with Crippen LogP contribution >= 0.6 is 27.3 Å². The zero-order valence-electron chi connectivity index (χ0n) is 9.71. The lowest BCUT2D eigenvalue weighted by Crippen LogP contribution is -2.30. The molecule has 1 heterocycles. The topological polar surface area (TPSA) is 37.4 Å². The van der Waals surface area contributed by atoms with Crippen LogP contribution in [0.25, 0.3) is 0 Å². The second-order valence-electron chi connectivity index (χ2n) is 3.56. The third-order valence-electron chi connectivity index (χ3n) is 2.42. The molecule has 2 rings (SSSR count). The molecule has 0 bridgehead atoms. The highest BCUT2D eigenvalue weighted by Crippen LogP contribution is 2.30. The second kappa shape index (κ2) is 5.42. The van der Waals surface area contributed by atoms with Gasteiger partial charge in [0.25, 0.3) is 10.0 Å². The number of halogens is 1. The maximum Gasteiger partial charge on any atom is 0.273 e. The monoisotopic (exact) mass is 345 g/mol. The molecule has 6 heteroatoms. The lowest BCUT2D eigenvalue weighted by atomic mass is 10.3. The quantitative estimate of drug-likeness (QED) is 0.846. The van der Waals surface area contributed by atoms with Gasteiger partial charge >= 0.3 is 0 Å². The molecule has 0 aliphatic heterocycles. The normalized spacial score (nSPS) is 11.4. The first kappa shape index (κ1) is 13.6. The van der Waals surface area contributed by atoms with Gasteiger partial charge in [-0.05, 0) is 47.1 Å². The summed E-state index contributed by atoms with van der Waals surface area (Å²) in [5.74, 6) is 0. The van der Waals surface area contributed by atoms with Gasteiger partial charge in [-0.2, -0.15) is 0 Å². The minimum atomic E-state index is -3.46. The van der Waals surface area contributed by atoms with Gasteiger partial charge in [-0.3, -0.25) is 4.31 Å². The Balaban J connectivity index is 2.45. The van der Waals surface area contributed by atoms with Crippen LogP contribution in [0.1, 0.15) is 6.92 Å². The fraction of sp³-hybridized carbons (Fsp3) is 0.167. The molecule has 0 unspecified atom stereocenters. The average Bonchev–Trinajstić information content (AvgIpc) is 2.78. The van der Waals surface area contributed by atoms with Gasteiger partial charge < -0.3 is 0 Å². The van der Waals surface area contributed by atoms with Crippen LogP contribution in [-0.2, 0) is 10.0 Å². The summed E-state index contributed by atoms with van der Waals surface area (Å²) < 4.78 is 27.6. The molecular formula is C12H12BrNO2S2. The molecule has 0 amide bonds. The number of anilines is 1. The van der Waals surface area contributed by atoms with Crippen LogP contribution in [0.3, 0.4) is 0 Å². The number of thiophene rings is 1. The summed E-state index contributed by atoms with van der Waals surface area (Å²) >= 11 is 4.51. The Morgan fingerprint density at radius 1 is 1.17 bits per heavy atom. The first-order valence-corrected chi connectivity index (χ1v) is 8.44. The predicted molar refractivity (Wildman–Crippen MR) is 78.7 cm³/mol. The first-order valence-electron chi connectivity index (χ1n) is 5.39. The molecule has 0 aliphatic rings. The standard InChI is InChI=1S/C12H12BrNO2S2/c1-2-14(10-6-4-3-5-7-10)18(15,16)12-9-8-11(13)17-12/h3-9H,2H2,1H3. The average molecular weight is 346 g/mol. The molecule has 1 aromatic heterocycles. The van der Waals surface area contributed by atoms with Crippen LogP contribution in [0.2, 0.25) is 0 Å². The number of hydrogen-bond donors (Lipinski definition) is 0. The van der Waals surface area contributed by atoms with E-state index in [9.17, 15) is 8.42 Å². The first-order chi connectivity index (χ1) is 8.55. The molecule has 0 saturated carbocycles. The molecular weight excluding hydrogens is 334 g/mol. The van der Waals surface area contributed by atoms with Gasteiger partial charge in [-0.15, -0.1) is 11.3 Å². The number of benzene rings is 1. The highest BCUT2D eigenvalue weighted by atomic mass is 79.9. The van der Waals surface area contributed by atoms with Gasteiger partial charge in [0, 0.05) is 6.54 Å². The SMILES string of the molecule is CCN(c1ccccc1)S(=O)(=O)c1ccc(Br)s1. The van der Waals surface area contributed by atoms with E-state index >= 15 is 0 Å². The van der Waals surface area contributed by atoms with E-state index in [1.807, 2.05) is 25.1 Å². The molecule has 1 aromatic carbocycles. The molecule has 0 aliphatic carbocycles. The number of hydrogen-bond acceptors (Lipinski definition) is 3. The molecule has 2 aromatic rings. The summed E-state index contributed by atoms with van der Waals surface area (Å²) in [5.41, 5.74) is 0.685. The minimum Gasteiger partial charge on any atom is -0.266 e. The molecule has 0 radical (unpaired) electrons. The molecule has 0 atom stereocenters. The van der Waals surface area contributed by atoms with Crippen LogP contribution in [-0.4, -0.2) is 15.0 Å². The summed E-state index contributed by atoms with van der Waals surface area (Å²) in [6.07, 6.45) is 0. The molecule has 0 saturated heterocycles. The van der Waals surface area contributed by atoms with Gasteiger partial charge in [-0.1, -0.05) is 18.2 Å². The van der Waals surface area contributed by atoms with E-state index in [1.165, 1.54) is 15.6 Å². The van der Waals surface area contributed by atoms with Crippen molar-refractivity contribution in [3.05, 3.63) is 46.3 Å². The molecule has 18 heavy (non-hydrogen) atoms. The van der Waals surface area contributed by atoms with E-state index in [2.05, 4.69) is 15.9 Å². The van der Waals surface area contributed by atoms with Gasteiger partial charge in [0.1, 0.15) is 4.21 Å². The maximum atomic E-state index is 12.5. The van der Waals surface area contributed by atoms with Crippen LogP contribution in [0, 0.1) is 0 Å². The van der Waals surface area contributed by atoms with Crippen molar-refractivity contribution in [1.29, 1.82) is 0 Å².